The van der Waals surface area contributed by atoms with Crippen molar-refractivity contribution < 1.29 is 0 Å². The Kier molecular flexibility index (Phi) is 4.04. The highest BCUT2D eigenvalue weighted by Gasteiger charge is 2.32. The summed E-state index contributed by atoms with van der Waals surface area (Å²) in [6.07, 6.45) is 1.07. The summed E-state index contributed by atoms with van der Waals surface area (Å²) >= 11 is 0. The lowest BCUT2D eigenvalue weighted by Gasteiger charge is -2.35. The van der Waals surface area contributed by atoms with Gasteiger partial charge in [0, 0.05) is 0 Å². The van der Waals surface area contributed by atoms with Gasteiger partial charge in [0.1, 0.15) is 0 Å². The SMILES string of the molecule is CC[P](C#N)(C(C)C)C(C)C. The number of rotatable bonds is 3. The zero-order valence-electron chi connectivity index (χ0n) is 8.26. The molecule has 0 bridgehead atoms. The minimum Gasteiger partial charge on any atom is -0.194 e. The van der Waals surface area contributed by atoms with E-state index in [9.17, 15) is 0 Å². The number of nitrogens with zero attached hydrogens (tertiary/aromatic N) is 1. The van der Waals surface area contributed by atoms with Gasteiger partial charge in [-0.1, -0.05) is 34.6 Å². The quantitative estimate of drug-likeness (QED) is 0.599. The molecule has 0 N–H and O–H groups in total. The predicted molar refractivity (Wildman–Crippen MR) is 53.3 cm³/mol. The van der Waals surface area contributed by atoms with Crippen molar-refractivity contribution >= 4 is 7.26 Å². The third-order valence-corrected chi connectivity index (χ3v) is 7.66. The van der Waals surface area contributed by atoms with E-state index in [-0.39, 0.29) is 0 Å². The van der Waals surface area contributed by atoms with Crippen LogP contribution in [0.5, 0.6) is 0 Å². The van der Waals surface area contributed by atoms with Gasteiger partial charge in [0.15, 0.2) is 0 Å². The van der Waals surface area contributed by atoms with E-state index >= 15 is 0 Å². The van der Waals surface area contributed by atoms with Crippen molar-refractivity contribution in [2.45, 2.75) is 45.9 Å². The minimum atomic E-state index is -1.30. The van der Waals surface area contributed by atoms with Crippen molar-refractivity contribution in [2.75, 3.05) is 6.16 Å². The Morgan fingerprint density at radius 1 is 1.18 bits per heavy atom. The van der Waals surface area contributed by atoms with Crippen LogP contribution in [0, 0.1) is 11.1 Å². The fourth-order valence-electron chi connectivity index (χ4n) is 1.63. The van der Waals surface area contributed by atoms with Crippen LogP contribution in [-0.4, -0.2) is 17.5 Å². The molecule has 0 fully saturated rings. The van der Waals surface area contributed by atoms with Crippen molar-refractivity contribution in [1.29, 1.82) is 5.26 Å². The van der Waals surface area contributed by atoms with Crippen LogP contribution < -0.4 is 0 Å². The Hall–Kier alpha value is -0.0800. The molecule has 0 aliphatic heterocycles. The Balaban J connectivity index is 4.65. The summed E-state index contributed by atoms with van der Waals surface area (Å²) in [5.41, 5.74) is 1.13. The number of hydrogen-bond acceptors (Lipinski definition) is 1. The van der Waals surface area contributed by atoms with Crippen molar-refractivity contribution in [3.8, 4) is 5.81 Å². The van der Waals surface area contributed by atoms with E-state index in [1.54, 1.807) is 0 Å². The van der Waals surface area contributed by atoms with Crippen molar-refractivity contribution in [2.24, 2.45) is 0 Å². The Morgan fingerprint density at radius 2 is 1.55 bits per heavy atom. The second-order valence-corrected chi connectivity index (χ2v) is 8.29. The average Bonchev–Trinajstić information content (AvgIpc) is 1.90. The van der Waals surface area contributed by atoms with Crippen LogP contribution >= 0.6 is 7.26 Å². The van der Waals surface area contributed by atoms with Gasteiger partial charge < -0.3 is 0 Å². The molecule has 0 aromatic rings. The minimum absolute atomic E-state index is 0.567. The molecule has 0 aliphatic carbocycles. The van der Waals surface area contributed by atoms with Crippen molar-refractivity contribution in [3.63, 3.8) is 0 Å². The zero-order chi connectivity index (χ0) is 9.07. The molecule has 0 spiro atoms. The fourth-order valence-corrected chi connectivity index (χ4v) is 4.88. The molecule has 0 aromatic carbocycles. The van der Waals surface area contributed by atoms with Crippen LogP contribution in [0.25, 0.3) is 0 Å². The van der Waals surface area contributed by atoms with Crippen LogP contribution in [0.3, 0.4) is 0 Å². The summed E-state index contributed by atoms with van der Waals surface area (Å²) < 4.78 is 0. The largest absolute Gasteiger partial charge is 0.194 e. The molecular weight excluding hydrogens is 153 g/mol. The van der Waals surface area contributed by atoms with Gasteiger partial charge in [-0.05, 0) is 24.7 Å². The van der Waals surface area contributed by atoms with E-state index in [4.69, 9.17) is 5.26 Å². The maximum absolute atomic E-state index is 9.12. The highest BCUT2D eigenvalue weighted by atomic mass is 31.2. The molecule has 0 aromatic heterocycles. The van der Waals surface area contributed by atoms with Gasteiger partial charge in [-0.3, -0.25) is 0 Å². The van der Waals surface area contributed by atoms with Crippen LogP contribution in [0.15, 0.2) is 0 Å². The zero-order valence-corrected chi connectivity index (χ0v) is 9.15. The summed E-state index contributed by atoms with van der Waals surface area (Å²) in [4.78, 5) is 0. The Morgan fingerprint density at radius 3 is 1.55 bits per heavy atom. The molecular formula is C9H19NP. The predicted octanol–water partition coefficient (Wildman–Crippen LogP) is 3.32. The maximum Gasteiger partial charge on any atom is 0.0826 e. The van der Waals surface area contributed by atoms with Crippen molar-refractivity contribution in [1.82, 2.24) is 0 Å². The normalized spacial score (nSPS) is 12.2. The first-order valence-electron chi connectivity index (χ1n) is 4.30. The molecule has 1 radical (unpaired) electrons. The monoisotopic (exact) mass is 172 g/mol. The van der Waals surface area contributed by atoms with Crippen LogP contribution in [0.1, 0.15) is 34.6 Å². The molecule has 2 heteroatoms. The third kappa shape index (κ3) is 1.94. The van der Waals surface area contributed by atoms with E-state index < -0.39 is 7.26 Å². The summed E-state index contributed by atoms with van der Waals surface area (Å²) in [5.74, 6) is 2.58. The molecule has 1 nitrogen and oxygen atoms in total. The Bertz CT molecular complexity index is 147. The highest BCUT2D eigenvalue weighted by molar-refractivity contribution is 7.81. The maximum atomic E-state index is 9.12. The highest BCUT2D eigenvalue weighted by Crippen LogP contribution is 2.65. The molecule has 0 rings (SSSR count). The van der Waals surface area contributed by atoms with Crippen LogP contribution in [0.4, 0.5) is 0 Å². The first-order chi connectivity index (χ1) is 5.01. The number of hydrogen-bond donors (Lipinski definition) is 0. The number of nitriles is 1. The second-order valence-electron chi connectivity index (χ2n) is 3.53. The lowest BCUT2D eigenvalue weighted by Crippen LogP contribution is -2.15. The van der Waals surface area contributed by atoms with E-state index in [0.29, 0.717) is 11.3 Å². The molecule has 0 amide bonds. The van der Waals surface area contributed by atoms with Crippen LogP contribution in [0.2, 0.25) is 0 Å². The molecule has 0 aliphatic rings. The molecule has 0 saturated carbocycles. The van der Waals surface area contributed by atoms with E-state index in [0.717, 1.165) is 6.16 Å². The van der Waals surface area contributed by atoms with Gasteiger partial charge >= 0.3 is 0 Å². The smallest absolute Gasteiger partial charge is 0.0826 e. The van der Waals surface area contributed by atoms with Gasteiger partial charge in [0.25, 0.3) is 0 Å². The van der Waals surface area contributed by atoms with E-state index in [2.05, 4.69) is 40.4 Å². The molecule has 0 atom stereocenters. The lowest BCUT2D eigenvalue weighted by atomic mass is 10.5. The molecule has 11 heavy (non-hydrogen) atoms. The molecule has 0 heterocycles. The summed E-state index contributed by atoms with van der Waals surface area (Å²) in [5, 5.41) is 9.12. The summed E-state index contributed by atoms with van der Waals surface area (Å²) in [7, 11) is -1.30. The third-order valence-electron chi connectivity index (χ3n) is 2.55. The standard InChI is InChI=1S/C9H19NP/c1-6-11(7-10,8(2)3)9(4)5/h8-9H,6H2,1-5H3. The summed E-state index contributed by atoms with van der Waals surface area (Å²) in [6, 6.07) is 0. The molecule has 65 valence electrons. The van der Waals surface area contributed by atoms with E-state index in [1.165, 1.54) is 0 Å². The summed E-state index contributed by atoms with van der Waals surface area (Å²) in [6.45, 7) is 10.9. The fraction of sp³-hybridized carbons (Fsp3) is 0.889. The van der Waals surface area contributed by atoms with Crippen LogP contribution in [-0.2, 0) is 0 Å². The Labute approximate surface area is 71.1 Å². The van der Waals surface area contributed by atoms with Crippen molar-refractivity contribution in [3.05, 3.63) is 0 Å². The van der Waals surface area contributed by atoms with Gasteiger partial charge in [-0.2, -0.15) is 5.26 Å². The second kappa shape index (κ2) is 4.07. The molecule has 0 unspecified atom stereocenters. The van der Waals surface area contributed by atoms with Gasteiger partial charge in [-0.15, -0.1) is 0 Å². The topological polar surface area (TPSA) is 23.8 Å². The van der Waals surface area contributed by atoms with Gasteiger partial charge in [-0.25, -0.2) is 0 Å². The lowest BCUT2D eigenvalue weighted by molar-refractivity contribution is 0.984. The van der Waals surface area contributed by atoms with E-state index in [1.807, 2.05) is 0 Å². The van der Waals surface area contributed by atoms with Gasteiger partial charge in [0.05, 0.1) is 5.81 Å². The molecule has 0 saturated heterocycles. The average molecular weight is 172 g/mol. The van der Waals surface area contributed by atoms with Gasteiger partial charge in [0.2, 0.25) is 0 Å². The first kappa shape index (κ1) is 10.9. The first-order valence-corrected chi connectivity index (χ1v) is 6.41.